The molecular formula is C34H39ClN6O2. The van der Waals surface area contributed by atoms with Crippen LogP contribution in [-0.4, -0.2) is 82.6 Å². The summed E-state index contributed by atoms with van der Waals surface area (Å²) in [6.07, 6.45) is 9.17. The molecule has 2 bridgehead atoms. The van der Waals surface area contributed by atoms with Crippen molar-refractivity contribution in [1.82, 2.24) is 19.8 Å². The molecule has 8 rings (SSSR count). The minimum absolute atomic E-state index is 0.0437. The first-order valence-electron chi connectivity index (χ1n) is 15.9. The highest BCUT2D eigenvalue weighted by Gasteiger charge is 2.46. The maximum absolute atomic E-state index is 12.7. The van der Waals surface area contributed by atoms with Gasteiger partial charge in [0.15, 0.2) is 0 Å². The third-order valence-corrected chi connectivity index (χ3v) is 11.0. The number of hydrogen-bond acceptors (Lipinski definition) is 7. The molecule has 5 aliphatic rings. The van der Waals surface area contributed by atoms with Gasteiger partial charge in [-0.3, -0.25) is 9.69 Å². The van der Waals surface area contributed by atoms with Crippen LogP contribution >= 0.6 is 11.6 Å². The average Bonchev–Trinajstić information content (AvgIpc) is 3.69. The Morgan fingerprint density at radius 2 is 1.77 bits per heavy atom. The van der Waals surface area contributed by atoms with E-state index in [0.29, 0.717) is 19.2 Å². The molecule has 9 heteroatoms. The third kappa shape index (κ3) is 4.56. The number of benzene rings is 2. The molecular weight excluding hydrogens is 560 g/mol. The Kier molecular flexibility index (Phi) is 6.75. The minimum atomic E-state index is 0.0437. The van der Waals surface area contributed by atoms with Crippen LogP contribution in [0, 0.1) is 0 Å². The number of fused-ring (bicyclic) bond motifs is 5. The minimum Gasteiger partial charge on any atom is -0.461 e. The Hall–Kier alpha value is -3.36. The summed E-state index contributed by atoms with van der Waals surface area (Å²) in [6.45, 7) is 9.80. The van der Waals surface area contributed by atoms with Gasteiger partial charge in [-0.15, -0.1) is 0 Å². The van der Waals surface area contributed by atoms with Crippen molar-refractivity contribution in [2.75, 3.05) is 49.1 Å². The summed E-state index contributed by atoms with van der Waals surface area (Å²) in [5.41, 5.74) is 3.50. The van der Waals surface area contributed by atoms with Crippen LogP contribution in [0.1, 0.15) is 49.8 Å². The van der Waals surface area contributed by atoms with Crippen molar-refractivity contribution < 1.29 is 9.53 Å². The molecule has 0 aliphatic carbocycles. The zero-order valence-corrected chi connectivity index (χ0v) is 25.4. The molecule has 2 atom stereocenters. The Labute approximate surface area is 258 Å². The van der Waals surface area contributed by atoms with Crippen molar-refractivity contribution in [3.05, 3.63) is 65.3 Å². The van der Waals surface area contributed by atoms with E-state index in [1.54, 1.807) is 0 Å². The smallest absolute Gasteiger partial charge is 0.318 e. The molecule has 4 fully saturated rings. The molecule has 2 unspecified atom stereocenters. The van der Waals surface area contributed by atoms with E-state index in [1.165, 1.54) is 50.4 Å². The van der Waals surface area contributed by atoms with Crippen LogP contribution in [0.3, 0.4) is 0 Å². The summed E-state index contributed by atoms with van der Waals surface area (Å²) >= 11 is 6.74. The number of aromatic nitrogens is 2. The fraction of sp³-hybridized carbons (Fsp3) is 0.500. The largest absolute Gasteiger partial charge is 0.461 e. The maximum Gasteiger partial charge on any atom is 0.318 e. The highest BCUT2D eigenvalue weighted by atomic mass is 35.5. The molecule has 224 valence electrons. The topological polar surface area (TPSA) is 65.0 Å². The molecule has 1 aromatic heterocycles. The summed E-state index contributed by atoms with van der Waals surface area (Å²) < 4.78 is 6.56. The van der Waals surface area contributed by atoms with E-state index in [0.717, 1.165) is 71.9 Å². The average molecular weight is 599 g/mol. The number of piperazine rings is 1. The maximum atomic E-state index is 12.7. The van der Waals surface area contributed by atoms with Crippen LogP contribution in [0.15, 0.2) is 49.1 Å². The predicted molar refractivity (Wildman–Crippen MR) is 170 cm³/mol. The number of nitrogens with zero attached hydrogens (tertiary/aromatic N) is 6. The van der Waals surface area contributed by atoms with Gasteiger partial charge in [0.05, 0.1) is 22.8 Å². The second-order valence-corrected chi connectivity index (χ2v) is 13.4. The third-order valence-electron chi connectivity index (χ3n) is 10.7. The van der Waals surface area contributed by atoms with Crippen LogP contribution in [0.2, 0.25) is 5.02 Å². The molecule has 4 saturated heterocycles. The predicted octanol–water partition coefficient (Wildman–Crippen LogP) is 5.22. The first-order chi connectivity index (χ1) is 21.0. The standard InChI is InChI=1S/C34H39ClN6O2/c1-2-30(42)41-24-11-12-25(41)20-39(19-24)32-26-13-18-38(29-10-4-8-23-7-3-9-27(35)31(23)29)21-28(26)36-33(37-32)43-22-34-14-5-16-40(34)17-6-15-34/h2-4,7-10,24-25H,1,5-6,11-22H2. The summed E-state index contributed by atoms with van der Waals surface area (Å²) in [6, 6.07) is 13.3. The van der Waals surface area contributed by atoms with Crippen molar-refractivity contribution in [2.24, 2.45) is 0 Å². The zero-order valence-electron chi connectivity index (χ0n) is 24.7. The van der Waals surface area contributed by atoms with Gasteiger partial charge in [-0.25, -0.2) is 0 Å². The number of halogens is 1. The van der Waals surface area contributed by atoms with Gasteiger partial charge in [0.1, 0.15) is 12.4 Å². The van der Waals surface area contributed by atoms with Gasteiger partial charge in [0.25, 0.3) is 0 Å². The van der Waals surface area contributed by atoms with Crippen molar-refractivity contribution in [3.63, 3.8) is 0 Å². The lowest BCUT2D eigenvalue weighted by molar-refractivity contribution is -0.129. The van der Waals surface area contributed by atoms with Crippen LogP contribution in [0.25, 0.3) is 10.8 Å². The van der Waals surface area contributed by atoms with Crippen LogP contribution in [0.4, 0.5) is 11.5 Å². The highest BCUT2D eigenvalue weighted by Crippen LogP contribution is 2.41. The monoisotopic (exact) mass is 598 g/mol. The number of carbonyl (C=O) groups is 1. The van der Waals surface area contributed by atoms with E-state index in [-0.39, 0.29) is 23.5 Å². The second kappa shape index (κ2) is 10.7. The van der Waals surface area contributed by atoms with Crippen molar-refractivity contribution >= 4 is 39.8 Å². The fourth-order valence-corrected chi connectivity index (χ4v) is 8.94. The Balaban J connectivity index is 1.14. The van der Waals surface area contributed by atoms with E-state index >= 15 is 0 Å². The molecule has 6 heterocycles. The van der Waals surface area contributed by atoms with E-state index in [4.69, 9.17) is 26.3 Å². The normalized spacial score (nSPS) is 24.3. The van der Waals surface area contributed by atoms with Crippen LogP contribution < -0.4 is 14.5 Å². The van der Waals surface area contributed by atoms with Gasteiger partial charge in [0.2, 0.25) is 5.91 Å². The Morgan fingerprint density at radius 1 is 1.02 bits per heavy atom. The zero-order chi connectivity index (χ0) is 29.1. The summed E-state index contributed by atoms with van der Waals surface area (Å²) in [4.78, 5) is 32.4. The van der Waals surface area contributed by atoms with Gasteiger partial charge in [-0.05, 0) is 81.6 Å². The lowest BCUT2D eigenvalue weighted by atomic mass is 9.95. The Morgan fingerprint density at radius 3 is 2.51 bits per heavy atom. The number of anilines is 2. The molecule has 3 aromatic rings. The van der Waals surface area contributed by atoms with Gasteiger partial charge < -0.3 is 19.4 Å². The van der Waals surface area contributed by atoms with E-state index in [2.05, 4.69) is 50.4 Å². The second-order valence-electron chi connectivity index (χ2n) is 13.0. The number of ether oxygens (including phenoxy) is 1. The van der Waals surface area contributed by atoms with E-state index in [1.807, 2.05) is 12.1 Å². The van der Waals surface area contributed by atoms with Gasteiger partial charge in [-0.2, -0.15) is 9.97 Å². The molecule has 0 spiro atoms. The van der Waals surface area contributed by atoms with Crippen molar-refractivity contribution in [1.29, 1.82) is 0 Å². The molecule has 0 radical (unpaired) electrons. The van der Waals surface area contributed by atoms with Crippen LogP contribution in [-0.2, 0) is 17.8 Å². The summed E-state index contributed by atoms with van der Waals surface area (Å²) in [5, 5.41) is 3.00. The van der Waals surface area contributed by atoms with Crippen molar-refractivity contribution in [3.8, 4) is 6.01 Å². The first-order valence-corrected chi connectivity index (χ1v) is 16.3. The van der Waals surface area contributed by atoms with E-state index < -0.39 is 0 Å². The molecule has 5 aliphatic heterocycles. The van der Waals surface area contributed by atoms with Gasteiger partial charge >= 0.3 is 6.01 Å². The van der Waals surface area contributed by atoms with Crippen LogP contribution in [0.5, 0.6) is 6.01 Å². The number of carbonyl (C=O) groups excluding carboxylic acids is 1. The molecule has 43 heavy (non-hydrogen) atoms. The Bertz CT molecular complexity index is 1570. The van der Waals surface area contributed by atoms with E-state index in [9.17, 15) is 4.79 Å². The molecule has 8 nitrogen and oxygen atoms in total. The SMILES string of the molecule is C=CC(=O)N1C2CCC1CN(c1nc(OCC34CCCN3CCC4)nc3c1CCN(c1cccc4cccc(Cl)c14)C3)C2. The summed E-state index contributed by atoms with van der Waals surface area (Å²) in [7, 11) is 0. The summed E-state index contributed by atoms with van der Waals surface area (Å²) in [5.74, 6) is 1.03. The van der Waals surface area contributed by atoms with Gasteiger partial charge in [-0.1, -0.05) is 42.4 Å². The van der Waals surface area contributed by atoms with Gasteiger partial charge in [0, 0.05) is 48.4 Å². The first kappa shape index (κ1) is 27.2. The quantitative estimate of drug-likeness (QED) is 0.361. The number of rotatable bonds is 6. The molecule has 1 amide bonds. The fourth-order valence-electron chi connectivity index (χ4n) is 8.66. The molecule has 2 aromatic carbocycles. The molecule has 0 N–H and O–H groups in total. The van der Waals surface area contributed by atoms with Crippen molar-refractivity contribution in [2.45, 2.75) is 69.1 Å². The lowest BCUT2D eigenvalue weighted by Crippen LogP contribution is -2.56. The number of amides is 1. The molecule has 0 saturated carbocycles. The highest BCUT2D eigenvalue weighted by molar-refractivity contribution is 6.36. The lowest BCUT2D eigenvalue weighted by Gasteiger charge is -2.42. The number of hydrogen-bond donors (Lipinski definition) is 0.